The quantitative estimate of drug-likeness (QED) is 0.624. The summed E-state index contributed by atoms with van der Waals surface area (Å²) in [7, 11) is -2.30. The van der Waals surface area contributed by atoms with Crippen molar-refractivity contribution in [2.45, 2.75) is 11.8 Å². The van der Waals surface area contributed by atoms with E-state index in [1.165, 1.54) is 23.5 Å². The largest absolute Gasteiger partial charge is 0.493 e. The van der Waals surface area contributed by atoms with Crippen molar-refractivity contribution in [3.8, 4) is 17.2 Å². The molecule has 1 N–H and O–H groups in total. The van der Waals surface area contributed by atoms with E-state index in [1.54, 1.807) is 37.3 Å². The summed E-state index contributed by atoms with van der Waals surface area (Å²) in [6.45, 7) is 3.01. The molecular formula is C21H26N2O7S. The molecule has 168 valence electrons. The minimum absolute atomic E-state index is 0.000281. The van der Waals surface area contributed by atoms with Crippen molar-refractivity contribution in [3.63, 3.8) is 0 Å². The van der Waals surface area contributed by atoms with E-state index in [1.807, 2.05) is 0 Å². The number of amides is 1. The predicted molar refractivity (Wildman–Crippen MR) is 114 cm³/mol. The Balaban J connectivity index is 1.75. The predicted octanol–water partition coefficient (Wildman–Crippen LogP) is 2.13. The highest BCUT2D eigenvalue weighted by atomic mass is 32.2. The summed E-state index contributed by atoms with van der Waals surface area (Å²) in [5.41, 5.74) is 0.323. The van der Waals surface area contributed by atoms with E-state index in [0.717, 1.165) is 0 Å². The second kappa shape index (κ2) is 10.5. The molecule has 1 heterocycles. The molecule has 1 fully saturated rings. The lowest BCUT2D eigenvalue weighted by Crippen LogP contribution is -2.40. The van der Waals surface area contributed by atoms with Gasteiger partial charge < -0.3 is 24.3 Å². The van der Waals surface area contributed by atoms with Crippen LogP contribution in [0.3, 0.4) is 0 Å². The van der Waals surface area contributed by atoms with Crippen LogP contribution in [-0.2, 0) is 19.6 Å². The van der Waals surface area contributed by atoms with Crippen molar-refractivity contribution in [1.82, 2.24) is 4.31 Å². The first kappa shape index (κ1) is 22.9. The van der Waals surface area contributed by atoms with Gasteiger partial charge in [0.25, 0.3) is 5.91 Å². The normalized spacial score (nSPS) is 14.6. The molecule has 0 aliphatic carbocycles. The number of carbonyl (C=O) groups excluding carboxylic acids is 1. The smallest absolute Gasteiger partial charge is 0.262 e. The number of nitrogens with zero attached hydrogens (tertiary/aromatic N) is 1. The highest BCUT2D eigenvalue weighted by Crippen LogP contribution is 2.31. The Morgan fingerprint density at radius 3 is 2.45 bits per heavy atom. The van der Waals surface area contributed by atoms with Gasteiger partial charge in [-0.25, -0.2) is 8.42 Å². The Labute approximate surface area is 181 Å². The summed E-state index contributed by atoms with van der Waals surface area (Å²) in [6.07, 6.45) is 0. The van der Waals surface area contributed by atoms with Gasteiger partial charge in [-0.05, 0) is 37.3 Å². The van der Waals surface area contributed by atoms with Gasteiger partial charge in [0.05, 0.1) is 26.9 Å². The number of methoxy groups -OCH3 is 1. The van der Waals surface area contributed by atoms with Crippen LogP contribution in [0.15, 0.2) is 47.4 Å². The van der Waals surface area contributed by atoms with Crippen LogP contribution in [0.1, 0.15) is 6.92 Å². The first-order valence-electron chi connectivity index (χ1n) is 9.86. The van der Waals surface area contributed by atoms with Crippen LogP contribution in [0, 0.1) is 0 Å². The second-order valence-corrected chi connectivity index (χ2v) is 8.51. The van der Waals surface area contributed by atoms with Crippen molar-refractivity contribution < 1.29 is 32.2 Å². The number of hydrogen-bond acceptors (Lipinski definition) is 7. The van der Waals surface area contributed by atoms with E-state index < -0.39 is 15.9 Å². The molecule has 1 aliphatic rings. The van der Waals surface area contributed by atoms with Crippen LogP contribution in [0.5, 0.6) is 17.2 Å². The molecular weight excluding hydrogens is 424 g/mol. The molecule has 0 bridgehead atoms. The van der Waals surface area contributed by atoms with Crippen molar-refractivity contribution in [1.29, 1.82) is 0 Å². The summed E-state index contributed by atoms with van der Waals surface area (Å²) >= 11 is 0. The molecule has 1 aliphatic heterocycles. The molecule has 1 saturated heterocycles. The SMILES string of the molecule is CCOc1ccc(NC(=O)COc2ccccc2OC)cc1S(=O)(=O)N1CCOCC1. The molecule has 0 unspecified atom stereocenters. The average Bonchev–Trinajstić information content (AvgIpc) is 2.79. The van der Waals surface area contributed by atoms with Crippen molar-refractivity contribution >= 4 is 21.6 Å². The van der Waals surface area contributed by atoms with Gasteiger partial charge >= 0.3 is 0 Å². The lowest BCUT2D eigenvalue weighted by Gasteiger charge is -2.27. The van der Waals surface area contributed by atoms with E-state index in [9.17, 15) is 13.2 Å². The lowest BCUT2D eigenvalue weighted by atomic mass is 10.3. The highest BCUT2D eigenvalue weighted by Gasteiger charge is 2.29. The number of morpholine rings is 1. The van der Waals surface area contributed by atoms with E-state index in [0.29, 0.717) is 37.0 Å². The first-order chi connectivity index (χ1) is 15.0. The van der Waals surface area contributed by atoms with Gasteiger partial charge in [0, 0.05) is 18.8 Å². The number of nitrogens with one attached hydrogen (secondary N) is 1. The fourth-order valence-electron chi connectivity index (χ4n) is 3.07. The van der Waals surface area contributed by atoms with Crippen LogP contribution in [0.4, 0.5) is 5.69 Å². The minimum Gasteiger partial charge on any atom is -0.493 e. The molecule has 9 nitrogen and oxygen atoms in total. The summed E-state index contributed by atoms with van der Waals surface area (Å²) in [4.78, 5) is 12.4. The van der Waals surface area contributed by atoms with Gasteiger partial charge in [-0.2, -0.15) is 4.31 Å². The zero-order chi connectivity index (χ0) is 22.3. The van der Waals surface area contributed by atoms with Gasteiger partial charge in [-0.3, -0.25) is 4.79 Å². The maximum atomic E-state index is 13.1. The van der Waals surface area contributed by atoms with Gasteiger partial charge in [0.2, 0.25) is 10.0 Å². The molecule has 10 heteroatoms. The summed E-state index contributed by atoms with van der Waals surface area (Å²) in [5.74, 6) is 0.736. The second-order valence-electron chi connectivity index (χ2n) is 6.60. The van der Waals surface area contributed by atoms with E-state index in [4.69, 9.17) is 18.9 Å². The average molecular weight is 451 g/mol. The van der Waals surface area contributed by atoms with Crippen LogP contribution in [-0.4, -0.2) is 65.3 Å². The molecule has 0 radical (unpaired) electrons. The zero-order valence-corrected chi connectivity index (χ0v) is 18.3. The maximum absolute atomic E-state index is 13.1. The Morgan fingerprint density at radius 1 is 1.06 bits per heavy atom. The number of para-hydroxylation sites is 2. The third kappa shape index (κ3) is 5.66. The van der Waals surface area contributed by atoms with Crippen LogP contribution in [0.25, 0.3) is 0 Å². The number of anilines is 1. The maximum Gasteiger partial charge on any atom is 0.262 e. The summed E-state index contributed by atoms with van der Waals surface area (Å²) in [6, 6.07) is 11.5. The number of carbonyl (C=O) groups is 1. The third-order valence-corrected chi connectivity index (χ3v) is 6.46. The molecule has 31 heavy (non-hydrogen) atoms. The Bertz CT molecular complexity index is 1000. The van der Waals surface area contributed by atoms with E-state index in [2.05, 4.69) is 5.32 Å². The molecule has 2 aromatic rings. The van der Waals surface area contributed by atoms with Gasteiger partial charge in [-0.1, -0.05) is 12.1 Å². The Kier molecular flexibility index (Phi) is 7.72. The van der Waals surface area contributed by atoms with Crippen LogP contribution < -0.4 is 19.5 Å². The Hall–Kier alpha value is -2.82. The van der Waals surface area contributed by atoms with Crippen LogP contribution >= 0.6 is 0 Å². The number of ether oxygens (including phenoxy) is 4. The monoisotopic (exact) mass is 450 g/mol. The van der Waals surface area contributed by atoms with Gasteiger partial charge in [0.1, 0.15) is 10.6 Å². The fraction of sp³-hybridized carbons (Fsp3) is 0.381. The zero-order valence-electron chi connectivity index (χ0n) is 17.5. The summed E-state index contributed by atoms with van der Waals surface area (Å²) in [5, 5.41) is 2.67. The van der Waals surface area contributed by atoms with Gasteiger partial charge in [-0.15, -0.1) is 0 Å². The Morgan fingerprint density at radius 2 is 1.77 bits per heavy atom. The van der Waals surface area contributed by atoms with Crippen molar-refractivity contribution in [2.75, 3.05) is 51.9 Å². The van der Waals surface area contributed by atoms with Crippen molar-refractivity contribution in [2.24, 2.45) is 0 Å². The molecule has 3 rings (SSSR count). The molecule has 0 saturated carbocycles. The number of sulfonamides is 1. The molecule has 2 aromatic carbocycles. The topological polar surface area (TPSA) is 103 Å². The number of rotatable bonds is 9. The van der Waals surface area contributed by atoms with E-state index in [-0.39, 0.29) is 30.3 Å². The third-order valence-electron chi connectivity index (χ3n) is 4.54. The number of hydrogen-bond donors (Lipinski definition) is 1. The molecule has 1 amide bonds. The van der Waals surface area contributed by atoms with Crippen molar-refractivity contribution in [3.05, 3.63) is 42.5 Å². The number of benzene rings is 2. The standard InChI is InChI=1S/C21H26N2O7S/c1-3-29-19-9-8-16(14-20(19)31(25,26)23-10-12-28-13-11-23)22-21(24)15-30-18-7-5-4-6-17(18)27-2/h4-9,14H,3,10-13,15H2,1-2H3,(H,22,24). The van der Waals surface area contributed by atoms with E-state index >= 15 is 0 Å². The lowest BCUT2D eigenvalue weighted by molar-refractivity contribution is -0.118. The minimum atomic E-state index is -3.81. The molecule has 0 spiro atoms. The fourth-order valence-corrected chi connectivity index (χ4v) is 4.63. The summed E-state index contributed by atoms with van der Waals surface area (Å²) < 4.78 is 49.1. The van der Waals surface area contributed by atoms with Gasteiger partial charge in [0.15, 0.2) is 18.1 Å². The molecule has 0 aromatic heterocycles. The first-order valence-corrected chi connectivity index (χ1v) is 11.3. The van der Waals surface area contributed by atoms with Crippen LogP contribution in [0.2, 0.25) is 0 Å². The highest BCUT2D eigenvalue weighted by molar-refractivity contribution is 7.89. The molecule has 0 atom stereocenters.